The largest absolute Gasteiger partial charge is 0.478 e. The Labute approximate surface area is 117 Å². The van der Waals surface area contributed by atoms with E-state index in [1.165, 1.54) is 18.2 Å². The fraction of sp³-hybridized carbons (Fsp3) is 0. The molecule has 0 radical (unpaired) electrons. The Morgan fingerprint density at radius 3 is 2.33 bits per heavy atom. The number of hydrogen-bond acceptors (Lipinski definition) is 8. The molecule has 0 amide bonds. The number of anilines is 4. The summed E-state index contributed by atoms with van der Waals surface area (Å²) in [7, 11) is 0. The number of nitrogens with one attached hydrogen (secondary N) is 1. The van der Waals surface area contributed by atoms with Crippen LogP contribution in [0.5, 0.6) is 0 Å². The molecule has 21 heavy (non-hydrogen) atoms. The molecule has 0 aliphatic rings. The SMILES string of the molecule is Nc1nc(N)c(-c2ccc(C(=O)O)c(NN=O)c2)c(N)n1. The van der Waals surface area contributed by atoms with E-state index < -0.39 is 5.97 Å². The van der Waals surface area contributed by atoms with E-state index in [0.29, 0.717) is 5.56 Å². The predicted molar refractivity (Wildman–Crippen MR) is 77.1 cm³/mol. The average molecular weight is 289 g/mol. The van der Waals surface area contributed by atoms with E-state index in [1.54, 1.807) is 0 Å². The number of benzene rings is 1. The van der Waals surface area contributed by atoms with Crippen molar-refractivity contribution in [2.24, 2.45) is 5.29 Å². The Balaban J connectivity index is 2.63. The summed E-state index contributed by atoms with van der Waals surface area (Å²) < 4.78 is 0. The lowest BCUT2D eigenvalue weighted by Gasteiger charge is -2.11. The van der Waals surface area contributed by atoms with E-state index in [2.05, 4.69) is 20.7 Å². The maximum Gasteiger partial charge on any atom is 0.337 e. The number of carboxylic acids is 1. The van der Waals surface area contributed by atoms with Crippen LogP contribution < -0.4 is 22.6 Å². The van der Waals surface area contributed by atoms with Crippen molar-refractivity contribution in [2.75, 3.05) is 22.6 Å². The summed E-state index contributed by atoms with van der Waals surface area (Å²) in [6, 6.07) is 4.09. The molecule has 0 aliphatic carbocycles. The zero-order valence-corrected chi connectivity index (χ0v) is 10.6. The smallest absolute Gasteiger partial charge is 0.337 e. The Hall–Kier alpha value is -3.43. The Morgan fingerprint density at radius 2 is 1.81 bits per heavy atom. The molecule has 10 heteroatoms. The van der Waals surface area contributed by atoms with Gasteiger partial charge in [-0.05, 0) is 17.7 Å². The Kier molecular flexibility index (Phi) is 3.52. The van der Waals surface area contributed by atoms with Gasteiger partial charge in [-0.15, -0.1) is 4.91 Å². The molecule has 0 aliphatic heterocycles. The van der Waals surface area contributed by atoms with Crippen molar-refractivity contribution in [2.45, 2.75) is 0 Å². The van der Waals surface area contributed by atoms with Crippen LogP contribution in [-0.2, 0) is 0 Å². The highest BCUT2D eigenvalue weighted by molar-refractivity contribution is 5.96. The van der Waals surface area contributed by atoms with E-state index in [1.807, 2.05) is 0 Å². The van der Waals surface area contributed by atoms with Gasteiger partial charge in [0.05, 0.1) is 22.1 Å². The van der Waals surface area contributed by atoms with Crippen LogP contribution in [0.3, 0.4) is 0 Å². The van der Waals surface area contributed by atoms with Gasteiger partial charge >= 0.3 is 5.97 Å². The highest BCUT2D eigenvalue weighted by Gasteiger charge is 2.16. The van der Waals surface area contributed by atoms with Crippen LogP contribution in [0.2, 0.25) is 0 Å². The topological polar surface area (TPSA) is 183 Å². The number of aromatic nitrogens is 2. The minimum atomic E-state index is -1.22. The fourth-order valence-corrected chi connectivity index (χ4v) is 1.84. The van der Waals surface area contributed by atoms with Crippen molar-refractivity contribution in [1.82, 2.24) is 9.97 Å². The first kappa shape index (κ1) is 14.0. The van der Waals surface area contributed by atoms with Gasteiger partial charge in [0.2, 0.25) is 5.95 Å². The Bertz CT molecular complexity index is 709. The minimum Gasteiger partial charge on any atom is -0.478 e. The molecule has 108 valence electrons. The maximum absolute atomic E-state index is 11.0. The molecule has 1 heterocycles. The number of nitroso groups, excluding NO2 is 1. The van der Waals surface area contributed by atoms with E-state index in [-0.39, 0.29) is 34.4 Å². The molecule has 2 rings (SSSR count). The molecule has 1 aromatic heterocycles. The molecule has 0 fully saturated rings. The summed E-state index contributed by atoms with van der Waals surface area (Å²) in [5.41, 5.74) is 19.5. The standard InChI is InChI=1S/C11H11N7O3/c12-8-7(9(13)16-11(14)15-8)4-1-2-5(10(19)20)6(3-4)17-18-21/h1-3H,(H,17,21)(H,19,20)(H6,12,13,14,15,16). The van der Waals surface area contributed by atoms with E-state index in [9.17, 15) is 9.70 Å². The molecule has 8 N–H and O–H groups in total. The van der Waals surface area contributed by atoms with Gasteiger partial charge < -0.3 is 22.3 Å². The third-order valence-electron chi connectivity index (χ3n) is 2.69. The summed E-state index contributed by atoms with van der Waals surface area (Å²) in [5.74, 6) is -1.23. The third kappa shape index (κ3) is 2.63. The molecular weight excluding hydrogens is 278 g/mol. The van der Waals surface area contributed by atoms with Gasteiger partial charge in [0.15, 0.2) is 0 Å². The minimum absolute atomic E-state index is 0.00868. The van der Waals surface area contributed by atoms with Gasteiger partial charge in [0, 0.05) is 0 Å². The van der Waals surface area contributed by atoms with Gasteiger partial charge in [-0.2, -0.15) is 9.97 Å². The number of rotatable bonds is 4. The lowest BCUT2D eigenvalue weighted by molar-refractivity contribution is 0.0698. The first-order valence-electron chi connectivity index (χ1n) is 5.58. The van der Waals surface area contributed by atoms with Gasteiger partial charge in [0.1, 0.15) is 11.6 Å². The molecular formula is C11H11N7O3. The molecule has 0 unspecified atom stereocenters. The first-order chi connectivity index (χ1) is 9.93. The van der Waals surface area contributed by atoms with Gasteiger partial charge in [0.25, 0.3) is 0 Å². The molecule has 0 bridgehead atoms. The fourth-order valence-electron chi connectivity index (χ4n) is 1.84. The monoisotopic (exact) mass is 289 g/mol. The van der Waals surface area contributed by atoms with Crippen LogP contribution >= 0.6 is 0 Å². The average Bonchev–Trinajstić information content (AvgIpc) is 2.37. The summed E-state index contributed by atoms with van der Waals surface area (Å²) in [5, 5.41) is 11.5. The van der Waals surface area contributed by atoms with Crippen molar-refractivity contribution in [1.29, 1.82) is 0 Å². The zero-order chi connectivity index (χ0) is 15.6. The second-order valence-electron chi connectivity index (χ2n) is 4.00. The molecule has 0 atom stereocenters. The highest BCUT2D eigenvalue weighted by atomic mass is 16.4. The summed E-state index contributed by atoms with van der Waals surface area (Å²) in [4.78, 5) is 29.0. The summed E-state index contributed by atoms with van der Waals surface area (Å²) >= 11 is 0. The molecule has 10 nitrogen and oxygen atoms in total. The predicted octanol–water partition coefficient (Wildman–Crippen LogP) is 0.682. The summed E-state index contributed by atoms with van der Waals surface area (Å²) in [6.45, 7) is 0. The lowest BCUT2D eigenvalue weighted by Crippen LogP contribution is -2.07. The number of hydrogen-bond donors (Lipinski definition) is 5. The van der Waals surface area contributed by atoms with E-state index >= 15 is 0 Å². The number of nitrogen functional groups attached to an aromatic ring is 3. The molecule has 0 saturated heterocycles. The van der Waals surface area contributed by atoms with Gasteiger partial charge in [-0.1, -0.05) is 6.07 Å². The van der Waals surface area contributed by atoms with Gasteiger partial charge in [-0.25, -0.2) is 10.2 Å². The summed E-state index contributed by atoms with van der Waals surface area (Å²) in [6.07, 6.45) is 0. The second-order valence-corrected chi connectivity index (χ2v) is 4.00. The van der Waals surface area contributed by atoms with Crippen LogP contribution in [-0.4, -0.2) is 21.0 Å². The highest BCUT2D eigenvalue weighted by Crippen LogP contribution is 2.32. The van der Waals surface area contributed by atoms with Crippen molar-refractivity contribution >= 4 is 29.2 Å². The number of carbonyl (C=O) groups is 1. The van der Waals surface area contributed by atoms with Crippen LogP contribution in [0.25, 0.3) is 11.1 Å². The quantitative estimate of drug-likeness (QED) is 0.399. The van der Waals surface area contributed by atoms with Gasteiger partial charge in [-0.3, -0.25) is 0 Å². The molecule has 0 saturated carbocycles. The molecule has 2 aromatic rings. The normalized spacial score (nSPS) is 10.1. The second kappa shape index (κ2) is 5.28. The maximum atomic E-state index is 11.0. The van der Waals surface area contributed by atoms with E-state index in [4.69, 9.17) is 22.3 Å². The molecule has 0 spiro atoms. The van der Waals surface area contributed by atoms with Crippen LogP contribution in [0.4, 0.5) is 23.3 Å². The number of aromatic carboxylic acids is 1. The van der Waals surface area contributed by atoms with Crippen molar-refractivity contribution in [3.05, 3.63) is 28.7 Å². The van der Waals surface area contributed by atoms with Crippen molar-refractivity contribution in [3.8, 4) is 11.1 Å². The number of nitrogens with two attached hydrogens (primary N) is 3. The van der Waals surface area contributed by atoms with Crippen molar-refractivity contribution < 1.29 is 9.90 Å². The lowest BCUT2D eigenvalue weighted by atomic mass is 10.0. The van der Waals surface area contributed by atoms with Crippen LogP contribution in [0.15, 0.2) is 23.5 Å². The zero-order valence-electron chi connectivity index (χ0n) is 10.6. The van der Waals surface area contributed by atoms with E-state index in [0.717, 1.165) is 0 Å². The van der Waals surface area contributed by atoms with Crippen LogP contribution in [0, 0.1) is 4.91 Å². The van der Waals surface area contributed by atoms with Crippen LogP contribution in [0.1, 0.15) is 10.4 Å². The third-order valence-corrected chi connectivity index (χ3v) is 2.69. The molecule has 1 aromatic carbocycles. The Morgan fingerprint density at radius 1 is 1.19 bits per heavy atom. The number of carboxylic acid groups (broad SMARTS) is 1. The first-order valence-corrected chi connectivity index (χ1v) is 5.58. The van der Waals surface area contributed by atoms with Crippen molar-refractivity contribution in [3.63, 3.8) is 0 Å². The number of nitrogens with zero attached hydrogens (tertiary/aromatic N) is 3.